The van der Waals surface area contributed by atoms with Gasteiger partial charge in [-0.1, -0.05) is 30.3 Å². The van der Waals surface area contributed by atoms with Gasteiger partial charge in [0.25, 0.3) is 0 Å². The number of anilines is 1. The van der Waals surface area contributed by atoms with Gasteiger partial charge in [-0.05, 0) is 25.1 Å². The average molecular weight is 267 g/mol. The fourth-order valence-corrected chi connectivity index (χ4v) is 2.39. The Hall–Kier alpha value is -2.46. The van der Waals surface area contributed by atoms with E-state index in [-0.39, 0.29) is 5.82 Å². The lowest BCUT2D eigenvalue weighted by Gasteiger charge is -2.14. The van der Waals surface area contributed by atoms with Crippen LogP contribution in [0.15, 0.2) is 48.5 Å². The number of fused-ring (bicyclic) bond motifs is 1. The fourth-order valence-electron chi connectivity index (χ4n) is 2.39. The van der Waals surface area contributed by atoms with Crippen LogP contribution in [0.25, 0.3) is 22.2 Å². The number of halogens is 1. The van der Waals surface area contributed by atoms with Crippen LogP contribution in [0, 0.1) is 12.7 Å². The number of benzene rings is 2. The molecule has 3 rings (SSSR count). The molecular weight excluding hydrogens is 253 g/mol. The van der Waals surface area contributed by atoms with Gasteiger partial charge in [0.2, 0.25) is 0 Å². The van der Waals surface area contributed by atoms with Crippen LogP contribution in [-0.4, -0.2) is 4.98 Å². The lowest BCUT2D eigenvalue weighted by Crippen LogP contribution is -2.10. The van der Waals surface area contributed by atoms with Gasteiger partial charge in [0.15, 0.2) is 0 Å². The van der Waals surface area contributed by atoms with Gasteiger partial charge >= 0.3 is 0 Å². The number of rotatable bonds is 2. The van der Waals surface area contributed by atoms with Crippen molar-refractivity contribution in [2.45, 2.75) is 6.92 Å². The minimum atomic E-state index is -0.303. The molecule has 2 aromatic carbocycles. The normalized spacial score (nSPS) is 10.8. The van der Waals surface area contributed by atoms with E-state index in [1.165, 1.54) is 12.1 Å². The molecule has 4 heteroatoms. The second kappa shape index (κ2) is 4.90. The van der Waals surface area contributed by atoms with Gasteiger partial charge in [-0.15, -0.1) is 0 Å². The summed E-state index contributed by atoms with van der Waals surface area (Å²) in [4.78, 5) is 4.63. The topological polar surface area (TPSA) is 50.9 Å². The number of hydrogen-bond donors (Lipinski definition) is 2. The molecule has 0 saturated carbocycles. The molecule has 0 spiro atoms. The molecule has 0 atom stereocenters. The van der Waals surface area contributed by atoms with Gasteiger partial charge in [0.1, 0.15) is 5.82 Å². The van der Waals surface area contributed by atoms with Gasteiger partial charge in [-0.3, -0.25) is 5.84 Å². The summed E-state index contributed by atoms with van der Waals surface area (Å²) >= 11 is 0. The zero-order chi connectivity index (χ0) is 14.1. The van der Waals surface area contributed by atoms with E-state index in [9.17, 15) is 4.39 Å². The first-order valence-corrected chi connectivity index (χ1v) is 6.32. The lowest BCUT2D eigenvalue weighted by atomic mass is 10.0. The quantitative estimate of drug-likeness (QED) is 0.550. The maximum absolute atomic E-state index is 13.4. The predicted octanol–water partition coefficient (Wildman–Crippen LogP) is 3.63. The first-order chi connectivity index (χ1) is 9.70. The van der Waals surface area contributed by atoms with E-state index in [0.29, 0.717) is 16.6 Å². The van der Waals surface area contributed by atoms with E-state index < -0.39 is 0 Å². The zero-order valence-corrected chi connectivity index (χ0v) is 11.0. The highest BCUT2D eigenvalue weighted by Gasteiger charge is 2.13. The van der Waals surface area contributed by atoms with Crippen LogP contribution in [0.5, 0.6) is 0 Å². The third kappa shape index (κ3) is 2.00. The summed E-state index contributed by atoms with van der Waals surface area (Å²) in [6.45, 7) is 1.93. The van der Waals surface area contributed by atoms with Crippen LogP contribution >= 0.6 is 0 Å². The van der Waals surface area contributed by atoms with Gasteiger partial charge in [0.05, 0.1) is 16.9 Å². The van der Waals surface area contributed by atoms with Crippen molar-refractivity contribution in [3.63, 3.8) is 0 Å². The van der Waals surface area contributed by atoms with Crippen molar-refractivity contribution in [1.29, 1.82) is 0 Å². The Morgan fingerprint density at radius 1 is 1.10 bits per heavy atom. The molecule has 3 N–H and O–H groups in total. The Labute approximate surface area is 116 Å². The summed E-state index contributed by atoms with van der Waals surface area (Å²) in [5, 5.41) is 0.685. The fraction of sp³-hybridized carbons (Fsp3) is 0.0625. The van der Waals surface area contributed by atoms with Crippen LogP contribution in [0.2, 0.25) is 0 Å². The van der Waals surface area contributed by atoms with E-state index in [4.69, 9.17) is 5.84 Å². The van der Waals surface area contributed by atoms with Crippen molar-refractivity contribution >= 4 is 16.6 Å². The molecule has 0 fully saturated rings. The Kier molecular flexibility index (Phi) is 3.08. The molecule has 0 radical (unpaired) electrons. The number of nitrogen functional groups attached to an aromatic ring is 1. The highest BCUT2D eigenvalue weighted by atomic mass is 19.1. The number of aromatic nitrogens is 1. The van der Waals surface area contributed by atoms with Crippen molar-refractivity contribution in [3.05, 3.63) is 59.9 Å². The van der Waals surface area contributed by atoms with Gasteiger partial charge in [-0.2, -0.15) is 0 Å². The third-order valence-corrected chi connectivity index (χ3v) is 3.38. The molecule has 3 aromatic rings. The van der Waals surface area contributed by atoms with Crippen LogP contribution in [0.1, 0.15) is 5.56 Å². The molecule has 1 aromatic heterocycles. The molecule has 100 valence electrons. The number of pyridine rings is 1. The molecule has 0 unspecified atom stereocenters. The van der Waals surface area contributed by atoms with Gasteiger partial charge in [0, 0.05) is 16.5 Å². The van der Waals surface area contributed by atoms with Crippen molar-refractivity contribution in [1.82, 2.24) is 4.98 Å². The SMILES string of the molecule is Cc1c(-c2ccccc2)nc2ccc(F)cc2c1NN. The monoisotopic (exact) mass is 267 g/mol. The smallest absolute Gasteiger partial charge is 0.124 e. The van der Waals surface area contributed by atoms with Crippen molar-refractivity contribution in [2.24, 2.45) is 5.84 Å². The van der Waals surface area contributed by atoms with Crippen molar-refractivity contribution < 1.29 is 4.39 Å². The van der Waals surface area contributed by atoms with Crippen LogP contribution < -0.4 is 11.3 Å². The largest absolute Gasteiger partial charge is 0.323 e. The summed E-state index contributed by atoms with van der Waals surface area (Å²) < 4.78 is 13.4. The Balaban J connectivity index is 2.35. The molecule has 0 bridgehead atoms. The standard InChI is InChI=1S/C16H14FN3/c1-10-15(11-5-3-2-4-6-11)19-14-8-7-12(17)9-13(14)16(10)20-18/h2-9H,18H2,1H3,(H,19,20). The number of hydrazine groups is 1. The molecule has 0 aliphatic heterocycles. The number of hydrogen-bond acceptors (Lipinski definition) is 3. The highest BCUT2D eigenvalue weighted by Crippen LogP contribution is 2.32. The molecule has 0 aliphatic carbocycles. The molecule has 20 heavy (non-hydrogen) atoms. The number of nitrogens with one attached hydrogen (secondary N) is 1. The molecular formula is C16H14FN3. The maximum Gasteiger partial charge on any atom is 0.124 e. The molecule has 0 amide bonds. The van der Waals surface area contributed by atoms with Crippen LogP contribution in [-0.2, 0) is 0 Å². The second-order valence-corrected chi connectivity index (χ2v) is 4.63. The van der Waals surface area contributed by atoms with Gasteiger partial charge in [-0.25, -0.2) is 9.37 Å². The van der Waals surface area contributed by atoms with E-state index in [0.717, 1.165) is 16.8 Å². The lowest BCUT2D eigenvalue weighted by molar-refractivity contribution is 0.629. The average Bonchev–Trinajstić information content (AvgIpc) is 2.48. The predicted molar refractivity (Wildman–Crippen MR) is 79.7 cm³/mol. The van der Waals surface area contributed by atoms with E-state index in [2.05, 4.69) is 10.4 Å². The Bertz CT molecular complexity index is 770. The summed E-state index contributed by atoms with van der Waals surface area (Å²) in [5.41, 5.74) is 6.84. The number of nitrogens with two attached hydrogens (primary N) is 1. The van der Waals surface area contributed by atoms with E-state index >= 15 is 0 Å². The Morgan fingerprint density at radius 2 is 1.85 bits per heavy atom. The zero-order valence-electron chi connectivity index (χ0n) is 11.0. The third-order valence-electron chi connectivity index (χ3n) is 3.38. The van der Waals surface area contributed by atoms with Crippen molar-refractivity contribution in [2.75, 3.05) is 5.43 Å². The molecule has 1 heterocycles. The van der Waals surface area contributed by atoms with Crippen molar-refractivity contribution in [3.8, 4) is 11.3 Å². The Morgan fingerprint density at radius 3 is 2.55 bits per heavy atom. The van der Waals surface area contributed by atoms with E-state index in [1.807, 2.05) is 37.3 Å². The van der Waals surface area contributed by atoms with Crippen LogP contribution in [0.3, 0.4) is 0 Å². The summed E-state index contributed by atoms with van der Waals surface area (Å²) in [5.74, 6) is 5.31. The first-order valence-electron chi connectivity index (χ1n) is 6.32. The molecule has 0 saturated heterocycles. The summed E-state index contributed by atoms with van der Waals surface area (Å²) in [6, 6.07) is 14.4. The minimum absolute atomic E-state index is 0.303. The molecule has 0 aliphatic rings. The summed E-state index contributed by atoms with van der Waals surface area (Å²) in [6.07, 6.45) is 0. The van der Waals surface area contributed by atoms with Crippen LogP contribution in [0.4, 0.5) is 10.1 Å². The minimum Gasteiger partial charge on any atom is -0.323 e. The van der Waals surface area contributed by atoms with Gasteiger partial charge < -0.3 is 5.43 Å². The maximum atomic E-state index is 13.4. The van der Waals surface area contributed by atoms with E-state index in [1.54, 1.807) is 6.07 Å². The number of nitrogens with zero attached hydrogens (tertiary/aromatic N) is 1. The molecule has 3 nitrogen and oxygen atoms in total. The summed E-state index contributed by atoms with van der Waals surface area (Å²) in [7, 11) is 0. The first kappa shape index (κ1) is 12.6. The second-order valence-electron chi connectivity index (χ2n) is 4.63. The highest BCUT2D eigenvalue weighted by molar-refractivity contribution is 5.96.